The van der Waals surface area contributed by atoms with E-state index in [1.54, 1.807) is 18.2 Å². The number of rotatable bonds is 0. The van der Waals surface area contributed by atoms with Crippen LogP contribution in [0.2, 0.25) is 0 Å². The number of nitrogens with zero attached hydrogens (tertiary/aromatic N) is 1. The van der Waals surface area contributed by atoms with Crippen LogP contribution in [0.25, 0.3) is 6.08 Å². The summed E-state index contributed by atoms with van der Waals surface area (Å²) in [7, 11) is 0. The van der Waals surface area contributed by atoms with E-state index in [-0.39, 0.29) is 10.8 Å². The van der Waals surface area contributed by atoms with Gasteiger partial charge in [-0.05, 0) is 6.07 Å². The second kappa shape index (κ2) is 2.45. The van der Waals surface area contributed by atoms with Gasteiger partial charge in [-0.1, -0.05) is 12.1 Å². The Bertz CT molecular complexity index is 390. The normalized spacial score (nSPS) is 19.7. The van der Waals surface area contributed by atoms with E-state index in [9.17, 15) is 5.21 Å². The molecule has 1 aliphatic rings. The van der Waals surface area contributed by atoms with Crippen LogP contribution >= 0.6 is 0 Å². The second-order valence-electron chi connectivity index (χ2n) is 2.59. The molecule has 1 unspecified atom stereocenters. The largest absolute Gasteiger partial charge is 0.623 e. The van der Waals surface area contributed by atoms with Crippen molar-refractivity contribution in [3.05, 3.63) is 40.7 Å². The van der Waals surface area contributed by atoms with Gasteiger partial charge in [-0.2, -0.15) is 5.26 Å². The highest BCUT2D eigenvalue weighted by atomic mass is 16.5. The van der Waals surface area contributed by atoms with Gasteiger partial charge in [0, 0.05) is 17.7 Å². The van der Waals surface area contributed by atoms with E-state index in [1.165, 1.54) is 0 Å². The van der Waals surface area contributed by atoms with E-state index in [1.807, 2.05) is 18.2 Å². The first kappa shape index (κ1) is 7.04. The van der Waals surface area contributed by atoms with Gasteiger partial charge in [-0.25, -0.2) is 0 Å². The van der Waals surface area contributed by atoms with Crippen molar-refractivity contribution >= 4 is 11.8 Å². The van der Waals surface area contributed by atoms with Gasteiger partial charge in [0.15, 0.2) is 6.07 Å². The number of benzene rings is 1. The van der Waals surface area contributed by atoms with Crippen molar-refractivity contribution in [1.82, 2.24) is 0 Å². The number of nitriles is 1. The molecule has 3 heteroatoms. The van der Waals surface area contributed by atoms with Crippen LogP contribution < -0.4 is 5.06 Å². The van der Waals surface area contributed by atoms with E-state index in [2.05, 4.69) is 0 Å². The standard InChI is InChI=1S/C9H6N2O/c10-6-8-5-7-3-1-2-4-9(7)11(8)12/h1-5,11H. The molecule has 58 valence electrons. The summed E-state index contributed by atoms with van der Waals surface area (Å²) in [6, 6.07) is 9.08. The fraction of sp³-hybridized carbons (Fsp3) is 0. The molecule has 0 saturated heterocycles. The molecular weight excluding hydrogens is 152 g/mol. The lowest BCUT2D eigenvalue weighted by Gasteiger charge is -2.15. The Kier molecular flexibility index (Phi) is 1.44. The zero-order valence-corrected chi connectivity index (χ0v) is 6.24. The monoisotopic (exact) mass is 158 g/mol. The molecule has 1 aliphatic heterocycles. The van der Waals surface area contributed by atoms with Gasteiger partial charge in [-0.3, -0.25) is 5.06 Å². The van der Waals surface area contributed by atoms with Crippen LogP contribution in [-0.2, 0) is 0 Å². The first-order valence-electron chi connectivity index (χ1n) is 3.58. The van der Waals surface area contributed by atoms with Crippen LogP contribution in [0.4, 0.5) is 5.69 Å². The van der Waals surface area contributed by atoms with Crippen molar-refractivity contribution < 1.29 is 5.06 Å². The lowest BCUT2D eigenvalue weighted by molar-refractivity contribution is -0.722. The molecule has 0 radical (unpaired) electrons. The number of hydrogen-bond acceptors (Lipinski definition) is 2. The molecule has 0 saturated carbocycles. The van der Waals surface area contributed by atoms with Crippen LogP contribution in [0.1, 0.15) is 5.56 Å². The molecule has 1 aromatic carbocycles. The summed E-state index contributed by atoms with van der Waals surface area (Å²) < 4.78 is 0. The van der Waals surface area contributed by atoms with Crippen molar-refractivity contribution in [2.45, 2.75) is 0 Å². The SMILES string of the molecule is N#CC1=Cc2ccccc2[NH+]1[O-]. The maximum absolute atomic E-state index is 11.3. The van der Waals surface area contributed by atoms with Gasteiger partial charge < -0.3 is 5.21 Å². The fourth-order valence-electron chi connectivity index (χ4n) is 1.28. The quantitative estimate of drug-likeness (QED) is 0.561. The van der Waals surface area contributed by atoms with E-state index < -0.39 is 0 Å². The Labute approximate surface area is 69.7 Å². The number of fused-ring (bicyclic) bond motifs is 1. The summed E-state index contributed by atoms with van der Waals surface area (Å²) in [6.45, 7) is 0. The number of quaternary nitrogens is 1. The molecule has 1 heterocycles. The lowest BCUT2D eigenvalue weighted by Crippen LogP contribution is -2.98. The molecule has 0 bridgehead atoms. The molecule has 0 aliphatic carbocycles. The minimum atomic E-state index is -0.159. The summed E-state index contributed by atoms with van der Waals surface area (Å²) in [5.74, 6) is 0. The molecule has 2 rings (SSSR count). The maximum atomic E-state index is 11.3. The van der Waals surface area contributed by atoms with Gasteiger partial charge in [0.1, 0.15) is 5.69 Å². The molecule has 0 aromatic heterocycles. The van der Waals surface area contributed by atoms with Crippen LogP contribution in [0.5, 0.6) is 0 Å². The molecule has 1 aromatic rings. The molecule has 0 fully saturated rings. The number of hydrogen-bond donors (Lipinski definition) is 1. The van der Waals surface area contributed by atoms with Gasteiger partial charge in [-0.15, -0.1) is 0 Å². The van der Waals surface area contributed by atoms with Crippen molar-refractivity contribution in [2.75, 3.05) is 0 Å². The molecule has 0 amide bonds. The van der Waals surface area contributed by atoms with Crippen molar-refractivity contribution in [1.29, 1.82) is 5.26 Å². The van der Waals surface area contributed by atoms with E-state index >= 15 is 0 Å². The fourth-order valence-corrected chi connectivity index (χ4v) is 1.28. The summed E-state index contributed by atoms with van der Waals surface area (Å²) in [4.78, 5) is 0. The van der Waals surface area contributed by atoms with Crippen LogP contribution in [0.3, 0.4) is 0 Å². The molecule has 3 nitrogen and oxygen atoms in total. The molecule has 1 atom stereocenters. The Hall–Kier alpha value is -1.63. The second-order valence-corrected chi connectivity index (χ2v) is 2.59. The average Bonchev–Trinajstić information content (AvgIpc) is 2.44. The summed E-state index contributed by atoms with van der Waals surface area (Å²) in [5, 5.41) is 19.7. The third-order valence-electron chi connectivity index (χ3n) is 1.87. The number of nitrogens with one attached hydrogen (secondary N) is 1. The van der Waals surface area contributed by atoms with Crippen molar-refractivity contribution in [2.24, 2.45) is 0 Å². The van der Waals surface area contributed by atoms with Gasteiger partial charge in [0.2, 0.25) is 5.70 Å². The third-order valence-corrected chi connectivity index (χ3v) is 1.87. The number of hydroxylamine groups is 1. The predicted octanol–water partition coefficient (Wildman–Crippen LogP) is 0.579. The molecule has 0 spiro atoms. The van der Waals surface area contributed by atoms with Gasteiger partial charge >= 0.3 is 0 Å². The van der Waals surface area contributed by atoms with E-state index in [0.717, 1.165) is 5.56 Å². The third kappa shape index (κ3) is 0.832. The summed E-state index contributed by atoms with van der Waals surface area (Å²) in [5.41, 5.74) is 1.71. The Morgan fingerprint density at radius 3 is 2.75 bits per heavy atom. The van der Waals surface area contributed by atoms with Crippen LogP contribution in [0.15, 0.2) is 30.0 Å². The van der Waals surface area contributed by atoms with Crippen LogP contribution in [0, 0.1) is 16.5 Å². The summed E-state index contributed by atoms with van der Waals surface area (Å²) >= 11 is 0. The Morgan fingerprint density at radius 1 is 1.33 bits per heavy atom. The molecule has 12 heavy (non-hydrogen) atoms. The Morgan fingerprint density at radius 2 is 2.08 bits per heavy atom. The molecular formula is C9H6N2O. The highest BCUT2D eigenvalue weighted by Crippen LogP contribution is 2.18. The minimum absolute atomic E-state index is 0.159. The zero-order valence-electron chi connectivity index (χ0n) is 6.24. The zero-order chi connectivity index (χ0) is 8.55. The smallest absolute Gasteiger partial charge is 0.215 e. The van der Waals surface area contributed by atoms with E-state index in [0.29, 0.717) is 5.69 Å². The highest BCUT2D eigenvalue weighted by molar-refractivity contribution is 5.68. The number of para-hydroxylation sites is 1. The van der Waals surface area contributed by atoms with Gasteiger partial charge in [0.25, 0.3) is 0 Å². The predicted molar refractivity (Wildman–Crippen MR) is 44.0 cm³/mol. The average molecular weight is 158 g/mol. The summed E-state index contributed by atoms with van der Waals surface area (Å²) in [6.07, 6.45) is 1.62. The van der Waals surface area contributed by atoms with Crippen molar-refractivity contribution in [3.8, 4) is 6.07 Å². The number of allylic oxidation sites excluding steroid dienone is 1. The van der Waals surface area contributed by atoms with Crippen molar-refractivity contribution in [3.63, 3.8) is 0 Å². The van der Waals surface area contributed by atoms with Gasteiger partial charge in [0.05, 0.1) is 0 Å². The lowest BCUT2D eigenvalue weighted by atomic mass is 10.2. The minimum Gasteiger partial charge on any atom is -0.623 e. The maximum Gasteiger partial charge on any atom is 0.215 e. The highest BCUT2D eigenvalue weighted by Gasteiger charge is 2.20. The first-order chi connectivity index (χ1) is 5.83. The van der Waals surface area contributed by atoms with Crippen LogP contribution in [-0.4, -0.2) is 0 Å². The topological polar surface area (TPSA) is 51.3 Å². The first-order valence-corrected chi connectivity index (χ1v) is 3.58. The molecule has 1 N–H and O–H groups in total. The van der Waals surface area contributed by atoms with E-state index in [4.69, 9.17) is 5.26 Å². The Balaban J connectivity index is 2.56.